The third kappa shape index (κ3) is 1.65. The Balaban J connectivity index is 2.72. The number of halogens is 3. The van der Waals surface area contributed by atoms with Crippen molar-refractivity contribution in [3.05, 3.63) is 29.5 Å². The maximum atomic E-state index is 12.7. The average Bonchev–Trinajstić information content (AvgIpc) is 2.51. The van der Waals surface area contributed by atoms with Crippen LogP contribution in [0.3, 0.4) is 0 Å². The highest BCUT2D eigenvalue weighted by Crippen LogP contribution is 2.34. The lowest BCUT2D eigenvalue weighted by Gasteiger charge is -2.06. The van der Waals surface area contributed by atoms with Crippen molar-refractivity contribution in [2.24, 2.45) is 12.8 Å². The van der Waals surface area contributed by atoms with Crippen molar-refractivity contribution in [3.8, 4) is 0 Å². The maximum Gasteiger partial charge on any atom is 0.433 e. The summed E-state index contributed by atoms with van der Waals surface area (Å²) in [4.78, 5) is 0. The normalized spacial score (nSPS) is 12.3. The zero-order valence-corrected chi connectivity index (χ0v) is 8.54. The molecule has 1 aromatic heterocycles. The van der Waals surface area contributed by atoms with Gasteiger partial charge in [-0.3, -0.25) is 4.68 Å². The molecule has 2 aromatic rings. The fourth-order valence-electron chi connectivity index (χ4n) is 1.71. The molecule has 86 valence electrons. The highest BCUT2D eigenvalue weighted by Gasteiger charge is 2.36. The third-order valence-electron chi connectivity index (χ3n) is 2.40. The molecule has 0 fully saturated rings. The van der Waals surface area contributed by atoms with Crippen molar-refractivity contribution in [1.82, 2.24) is 9.78 Å². The lowest BCUT2D eigenvalue weighted by molar-refractivity contribution is -0.142. The van der Waals surface area contributed by atoms with Crippen LogP contribution in [-0.2, 0) is 19.8 Å². The molecule has 0 saturated heterocycles. The summed E-state index contributed by atoms with van der Waals surface area (Å²) in [6.07, 6.45) is -4.40. The molecule has 1 aromatic carbocycles. The summed E-state index contributed by atoms with van der Waals surface area (Å²) in [7, 11) is 1.28. The van der Waals surface area contributed by atoms with Crippen LogP contribution in [-0.4, -0.2) is 9.78 Å². The van der Waals surface area contributed by atoms with Crippen LogP contribution >= 0.6 is 0 Å². The van der Waals surface area contributed by atoms with Crippen molar-refractivity contribution < 1.29 is 13.2 Å². The van der Waals surface area contributed by atoms with Crippen LogP contribution in [0.4, 0.5) is 13.2 Å². The molecule has 0 aliphatic carbocycles. The van der Waals surface area contributed by atoms with Gasteiger partial charge in [-0.25, -0.2) is 0 Å². The summed E-state index contributed by atoms with van der Waals surface area (Å²) < 4.78 is 39.0. The van der Waals surface area contributed by atoms with Crippen LogP contribution in [0, 0.1) is 0 Å². The van der Waals surface area contributed by atoms with E-state index >= 15 is 0 Å². The largest absolute Gasteiger partial charge is 0.433 e. The Kier molecular flexibility index (Phi) is 2.38. The van der Waals surface area contributed by atoms with Gasteiger partial charge in [0, 0.05) is 19.0 Å². The molecule has 0 radical (unpaired) electrons. The second-order valence-corrected chi connectivity index (χ2v) is 3.53. The average molecular weight is 229 g/mol. The number of hydrogen-bond donors (Lipinski definition) is 1. The quantitative estimate of drug-likeness (QED) is 0.813. The minimum Gasteiger partial charge on any atom is -0.326 e. The summed E-state index contributed by atoms with van der Waals surface area (Å²) >= 11 is 0. The van der Waals surface area contributed by atoms with E-state index in [9.17, 15) is 13.2 Å². The van der Waals surface area contributed by atoms with Gasteiger partial charge in [0.2, 0.25) is 0 Å². The highest BCUT2D eigenvalue weighted by atomic mass is 19.4. The Morgan fingerprint density at radius 1 is 1.38 bits per heavy atom. The molecule has 3 nitrogen and oxygen atoms in total. The van der Waals surface area contributed by atoms with E-state index in [1.165, 1.54) is 13.1 Å². The number of aromatic nitrogens is 2. The molecule has 0 saturated carbocycles. The van der Waals surface area contributed by atoms with Crippen molar-refractivity contribution >= 4 is 10.9 Å². The summed E-state index contributed by atoms with van der Waals surface area (Å²) in [6, 6.07) is 4.57. The van der Waals surface area contributed by atoms with Crippen molar-refractivity contribution in [2.45, 2.75) is 12.7 Å². The van der Waals surface area contributed by atoms with Crippen LogP contribution in [0.15, 0.2) is 18.2 Å². The van der Waals surface area contributed by atoms with Gasteiger partial charge in [0.05, 0.1) is 5.52 Å². The monoisotopic (exact) mass is 229 g/mol. The SMILES string of the molecule is Cn1nc2cc(CN)ccc2c1C(F)(F)F. The fraction of sp³-hybridized carbons (Fsp3) is 0.300. The van der Waals surface area contributed by atoms with Crippen LogP contribution in [0.1, 0.15) is 11.3 Å². The number of nitrogens with two attached hydrogens (primary N) is 1. The predicted molar refractivity (Wildman–Crippen MR) is 53.6 cm³/mol. The van der Waals surface area contributed by atoms with Gasteiger partial charge in [-0.2, -0.15) is 18.3 Å². The number of rotatable bonds is 1. The minimum atomic E-state index is -4.40. The standard InChI is InChI=1S/C10H10F3N3/c1-16-9(10(11,12)13)7-3-2-6(5-14)4-8(7)15-16/h2-4H,5,14H2,1H3. The van der Waals surface area contributed by atoms with E-state index in [0.717, 1.165) is 10.2 Å². The first kappa shape index (κ1) is 10.9. The van der Waals surface area contributed by atoms with Gasteiger partial charge < -0.3 is 5.73 Å². The van der Waals surface area contributed by atoms with Crippen LogP contribution in [0.25, 0.3) is 10.9 Å². The molecule has 6 heteroatoms. The van der Waals surface area contributed by atoms with E-state index < -0.39 is 11.9 Å². The van der Waals surface area contributed by atoms with E-state index in [1.54, 1.807) is 12.1 Å². The first-order chi connectivity index (χ1) is 7.43. The van der Waals surface area contributed by atoms with E-state index in [2.05, 4.69) is 5.10 Å². The highest BCUT2D eigenvalue weighted by molar-refractivity contribution is 5.82. The van der Waals surface area contributed by atoms with Gasteiger partial charge in [0.15, 0.2) is 0 Å². The second-order valence-electron chi connectivity index (χ2n) is 3.53. The van der Waals surface area contributed by atoms with E-state index in [-0.39, 0.29) is 11.9 Å². The summed E-state index contributed by atoms with van der Waals surface area (Å²) in [5, 5.41) is 3.93. The van der Waals surface area contributed by atoms with Gasteiger partial charge in [-0.05, 0) is 11.6 Å². The zero-order chi connectivity index (χ0) is 11.9. The molecule has 0 amide bonds. The van der Waals surface area contributed by atoms with Gasteiger partial charge in [0.1, 0.15) is 5.69 Å². The molecule has 2 rings (SSSR count). The topological polar surface area (TPSA) is 43.8 Å². The molecule has 0 aliphatic heterocycles. The van der Waals surface area contributed by atoms with Crippen molar-refractivity contribution in [3.63, 3.8) is 0 Å². The number of alkyl halides is 3. The number of hydrogen-bond acceptors (Lipinski definition) is 2. The Morgan fingerprint density at radius 2 is 2.06 bits per heavy atom. The molecule has 0 unspecified atom stereocenters. The molecule has 2 N–H and O–H groups in total. The van der Waals surface area contributed by atoms with Gasteiger partial charge in [-0.15, -0.1) is 0 Å². The summed E-state index contributed by atoms with van der Waals surface area (Å²) in [5.41, 5.74) is 5.76. The Labute approximate surface area is 89.7 Å². The Bertz CT molecular complexity index is 528. The third-order valence-corrected chi connectivity index (χ3v) is 2.40. The van der Waals surface area contributed by atoms with E-state index in [1.807, 2.05) is 0 Å². The van der Waals surface area contributed by atoms with E-state index in [4.69, 9.17) is 5.73 Å². The van der Waals surface area contributed by atoms with Gasteiger partial charge >= 0.3 is 6.18 Å². The fourth-order valence-corrected chi connectivity index (χ4v) is 1.71. The maximum absolute atomic E-state index is 12.7. The molecule has 0 bridgehead atoms. The van der Waals surface area contributed by atoms with Crippen LogP contribution in [0.5, 0.6) is 0 Å². The van der Waals surface area contributed by atoms with Crippen molar-refractivity contribution in [2.75, 3.05) is 0 Å². The number of fused-ring (bicyclic) bond motifs is 1. The summed E-state index contributed by atoms with van der Waals surface area (Å²) in [5.74, 6) is 0. The van der Waals surface area contributed by atoms with Crippen molar-refractivity contribution in [1.29, 1.82) is 0 Å². The van der Waals surface area contributed by atoms with Gasteiger partial charge in [0.25, 0.3) is 0 Å². The number of nitrogens with zero attached hydrogens (tertiary/aromatic N) is 2. The number of aryl methyl sites for hydroxylation is 1. The first-order valence-electron chi connectivity index (χ1n) is 4.66. The van der Waals surface area contributed by atoms with Gasteiger partial charge in [-0.1, -0.05) is 12.1 Å². The predicted octanol–water partition coefficient (Wildman–Crippen LogP) is 2.05. The molecule has 1 heterocycles. The van der Waals surface area contributed by atoms with E-state index in [0.29, 0.717) is 5.52 Å². The molecule has 0 atom stereocenters. The Morgan fingerprint density at radius 3 is 2.62 bits per heavy atom. The van der Waals surface area contributed by atoms with Crippen LogP contribution < -0.4 is 5.73 Å². The molecular weight excluding hydrogens is 219 g/mol. The smallest absolute Gasteiger partial charge is 0.326 e. The lowest BCUT2D eigenvalue weighted by Crippen LogP contribution is -2.11. The summed E-state index contributed by atoms with van der Waals surface area (Å²) in [6.45, 7) is 0.286. The molecule has 0 spiro atoms. The van der Waals surface area contributed by atoms with Crippen LogP contribution in [0.2, 0.25) is 0 Å². The second kappa shape index (κ2) is 3.48. The Hall–Kier alpha value is -1.56. The minimum absolute atomic E-state index is 0.104. The lowest BCUT2D eigenvalue weighted by atomic mass is 10.1. The first-order valence-corrected chi connectivity index (χ1v) is 4.66. The zero-order valence-electron chi connectivity index (χ0n) is 8.54. The molecular formula is C10H10F3N3. The molecule has 16 heavy (non-hydrogen) atoms. The molecule has 0 aliphatic rings. The number of benzene rings is 1.